The third-order valence-corrected chi connectivity index (χ3v) is 6.32. The third-order valence-electron chi connectivity index (χ3n) is 4.27. The number of nitrogens with one attached hydrogen (secondary N) is 1. The second kappa shape index (κ2) is 7.37. The van der Waals surface area contributed by atoms with Gasteiger partial charge in [0.2, 0.25) is 0 Å². The van der Waals surface area contributed by atoms with Crippen LogP contribution in [0.3, 0.4) is 0 Å². The second-order valence-corrected chi connectivity index (χ2v) is 8.80. The molecule has 0 atom stereocenters. The van der Waals surface area contributed by atoms with Gasteiger partial charge in [-0.25, -0.2) is 14.5 Å². The van der Waals surface area contributed by atoms with E-state index in [4.69, 9.17) is 0 Å². The molecule has 8 heteroatoms. The van der Waals surface area contributed by atoms with Crippen molar-refractivity contribution < 1.29 is 4.79 Å². The monoisotopic (exact) mass is 409 g/mol. The molecule has 28 heavy (non-hydrogen) atoms. The zero-order chi connectivity index (χ0) is 19.8. The number of carbonyl (C=O) groups excluding carboxylic acids is 1. The molecule has 6 nitrogen and oxygen atoms in total. The number of aromatic nitrogens is 4. The summed E-state index contributed by atoms with van der Waals surface area (Å²) in [6.07, 6.45) is 1.56. The van der Waals surface area contributed by atoms with Crippen molar-refractivity contribution >= 4 is 40.3 Å². The fourth-order valence-electron chi connectivity index (χ4n) is 2.94. The molecule has 3 aromatic heterocycles. The van der Waals surface area contributed by atoms with Crippen molar-refractivity contribution in [3.8, 4) is 0 Å². The molecule has 0 aliphatic carbocycles. The van der Waals surface area contributed by atoms with Crippen LogP contribution in [0, 0.1) is 27.7 Å². The summed E-state index contributed by atoms with van der Waals surface area (Å²) in [5, 5.41) is 9.32. The molecule has 0 saturated heterocycles. The summed E-state index contributed by atoms with van der Waals surface area (Å²) in [6.45, 7) is 7.82. The summed E-state index contributed by atoms with van der Waals surface area (Å²) in [6, 6.07) is 7.91. The number of nitrogens with zero attached hydrogens (tertiary/aromatic N) is 4. The van der Waals surface area contributed by atoms with Gasteiger partial charge in [-0.15, -0.1) is 11.3 Å². The molecular weight excluding hydrogens is 390 g/mol. The average molecular weight is 410 g/mol. The van der Waals surface area contributed by atoms with Crippen molar-refractivity contribution in [1.29, 1.82) is 0 Å². The number of hydrogen-bond donors (Lipinski definition) is 1. The first-order chi connectivity index (χ1) is 13.4. The highest BCUT2D eigenvalue weighted by atomic mass is 32.2. The molecular formula is C20H19N5OS2. The first-order valence-electron chi connectivity index (χ1n) is 8.74. The first-order valence-corrected chi connectivity index (χ1v) is 10.4. The number of rotatable bonds is 4. The number of hydrogen-bond acceptors (Lipinski definition) is 6. The zero-order valence-corrected chi connectivity index (χ0v) is 17.6. The number of thiazole rings is 1. The molecule has 0 bridgehead atoms. The van der Waals surface area contributed by atoms with E-state index in [1.807, 2.05) is 51.3 Å². The van der Waals surface area contributed by atoms with Gasteiger partial charge in [-0.05, 0) is 57.5 Å². The van der Waals surface area contributed by atoms with Gasteiger partial charge in [0, 0.05) is 33.0 Å². The normalized spacial score (nSPS) is 11.1. The number of anilines is 1. The molecule has 1 amide bonds. The van der Waals surface area contributed by atoms with Gasteiger partial charge in [-0.1, -0.05) is 11.8 Å². The molecule has 4 aromatic rings. The third kappa shape index (κ3) is 3.65. The maximum Gasteiger partial charge on any atom is 0.261 e. The summed E-state index contributed by atoms with van der Waals surface area (Å²) in [5.74, 6) is -0.216. The molecule has 0 fully saturated rings. The Bertz CT molecular complexity index is 1190. The number of benzene rings is 1. The molecule has 1 N–H and O–H groups in total. The molecule has 0 aliphatic rings. The summed E-state index contributed by atoms with van der Waals surface area (Å²) >= 11 is 3.26. The van der Waals surface area contributed by atoms with E-state index in [-0.39, 0.29) is 5.91 Å². The van der Waals surface area contributed by atoms with Gasteiger partial charge >= 0.3 is 0 Å². The fourth-order valence-corrected chi connectivity index (χ4v) is 4.85. The number of aryl methyl sites for hydroxylation is 4. The molecule has 4 rings (SSSR count). The minimum absolute atomic E-state index is 0.216. The van der Waals surface area contributed by atoms with Gasteiger partial charge < -0.3 is 5.32 Å². The minimum atomic E-state index is -0.216. The molecule has 142 valence electrons. The molecule has 3 heterocycles. The average Bonchev–Trinajstić information content (AvgIpc) is 3.23. The Morgan fingerprint density at radius 1 is 1.11 bits per heavy atom. The molecule has 1 aromatic carbocycles. The van der Waals surface area contributed by atoms with E-state index in [1.165, 1.54) is 0 Å². The maximum absolute atomic E-state index is 12.8. The highest BCUT2D eigenvalue weighted by Crippen LogP contribution is 2.32. The summed E-state index contributed by atoms with van der Waals surface area (Å²) < 4.78 is 2.70. The van der Waals surface area contributed by atoms with Crippen molar-refractivity contribution in [2.24, 2.45) is 0 Å². The predicted molar refractivity (Wildman–Crippen MR) is 113 cm³/mol. The molecule has 0 spiro atoms. The summed E-state index contributed by atoms with van der Waals surface area (Å²) in [7, 11) is 0. The lowest BCUT2D eigenvalue weighted by Gasteiger charge is -2.09. The topological polar surface area (TPSA) is 72.2 Å². The quantitative estimate of drug-likeness (QED) is 0.523. The van der Waals surface area contributed by atoms with Crippen molar-refractivity contribution in [2.45, 2.75) is 36.9 Å². The van der Waals surface area contributed by atoms with Gasteiger partial charge in [-0.2, -0.15) is 5.10 Å². The van der Waals surface area contributed by atoms with E-state index in [9.17, 15) is 4.79 Å². The summed E-state index contributed by atoms with van der Waals surface area (Å²) in [5.41, 5.74) is 5.62. The van der Waals surface area contributed by atoms with Gasteiger partial charge in [0.05, 0.1) is 6.20 Å². The molecule has 0 saturated carbocycles. The Kier molecular flexibility index (Phi) is 4.91. The van der Waals surface area contributed by atoms with Crippen molar-refractivity contribution in [2.75, 3.05) is 5.32 Å². The van der Waals surface area contributed by atoms with Crippen LogP contribution >= 0.6 is 23.1 Å². The van der Waals surface area contributed by atoms with Crippen molar-refractivity contribution in [3.63, 3.8) is 0 Å². The van der Waals surface area contributed by atoms with E-state index in [0.29, 0.717) is 11.2 Å². The largest absolute Gasteiger partial charge is 0.322 e. The standard InChI is InChI=1S/C20H19N5OS2/c1-11-7-15(28-20-23-13(3)10-27-20)5-6-17(11)24-19(26)16-9-21-25-14(4)8-12(2)22-18(16)25/h5-10H,1-4H3,(H,24,26). The van der Waals surface area contributed by atoms with Crippen LogP contribution in [0.4, 0.5) is 5.69 Å². The van der Waals surface area contributed by atoms with Crippen LogP contribution in [0.15, 0.2) is 45.1 Å². The zero-order valence-electron chi connectivity index (χ0n) is 16.0. The fraction of sp³-hybridized carbons (Fsp3) is 0.200. The lowest BCUT2D eigenvalue weighted by atomic mass is 10.2. The number of amides is 1. The summed E-state index contributed by atoms with van der Waals surface area (Å²) in [4.78, 5) is 22.9. The number of carbonyl (C=O) groups is 1. The Morgan fingerprint density at radius 2 is 1.93 bits per heavy atom. The van der Waals surface area contributed by atoms with Gasteiger partial charge in [-0.3, -0.25) is 4.79 Å². The lowest BCUT2D eigenvalue weighted by Crippen LogP contribution is -2.13. The van der Waals surface area contributed by atoms with Crippen LogP contribution < -0.4 is 5.32 Å². The van der Waals surface area contributed by atoms with Gasteiger partial charge in [0.1, 0.15) is 5.56 Å². The van der Waals surface area contributed by atoms with E-state index < -0.39 is 0 Å². The SMILES string of the molecule is Cc1csc(Sc2ccc(NC(=O)c3cnn4c(C)cc(C)nc34)c(C)c2)n1. The van der Waals surface area contributed by atoms with E-state index >= 15 is 0 Å². The Labute approximate surface area is 171 Å². The van der Waals surface area contributed by atoms with E-state index in [0.717, 1.165) is 37.6 Å². The van der Waals surface area contributed by atoms with Gasteiger partial charge in [0.15, 0.2) is 9.99 Å². The highest BCUT2D eigenvalue weighted by Gasteiger charge is 2.16. The lowest BCUT2D eigenvalue weighted by molar-refractivity contribution is 0.102. The van der Waals surface area contributed by atoms with Crippen molar-refractivity contribution in [3.05, 3.63) is 64.1 Å². The minimum Gasteiger partial charge on any atom is -0.322 e. The van der Waals surface area contributed by atoms with Crippen LogP contribution in [0.25, 0.3) is 5.65 Å². The van der Waals surface area contributed by atoms with E-state index in [1.54, 1.807) is 33.8 Å². The van der Waals surface area contributed by atoms with Crippen LogP contribution in [0.5, 0.6) is 0 Å². The number of fused-ring (bicyclic) bond motifs is 1. The maximum atomic E-state index is 12.8. The molecule has 0 aliphatic heterocycles. The smallest absolute Gasteiger partial charge is 0.261 e. The van der Waals surface area contributed by atoms with Crippen molar-refractivity contribution in [1.82, 2.24) is 19.6 Å². The predicted octanol–water partition coefficient (Wildman–Crippen LogP) is 4.82. The Balaban J connectivity index is 1.56. The Morgan fingerprint density at radius 3 is 2.64 bits per heavy atom. The Hall–Kier alpha value is -2.71. The van der Waals surface area contributed by atoms with Crippen LogP contribution in [0.2, 0.25) is 0 Å². The molecule has 0 unspecified atom stereocenters. The van der Waals surface area contributed by atoms with E-state index in [2.05, 4.69) is 26.4 Å². The molecule has 0 radical (unpaired) electrons. The van der Waals surface area contributed by atoms with Gasteiger partial charge in [0.25, 0.3) is 5.91 Å². The van der Waals surface area contributed by atoms with Crippen LogP contribution in [0.1, 0.15) is 33.0 Å². The van der Waals surface area contributed by atoms with Crippen LogP contribution in [-0.2, 0) is 0 Å². The highest BCUT2D eigenvalue weighted by molar-refractivity contribution is 8.01. The van der Waals surface area contributed by atoms with Crippen LogP contribution in [-0.4, -0.2) is 25.5 Å². The second-order valence-electron chi connectivity index (χ2n) is 6.62. The first kappa shape index (κ1) is 18.6.